The molecule has 15 heavy (non-hydrogen) atoms. The summed E-state index contributed by atoms with van der Waals surface area (Å²) in [6.07, 6.45) is 3.65. The molecule has 2 rings (SSSR count). The third kappa shape index (κ3) is 1.84. The Labute approximate surface area is 98.1 Å². The van der Waals surface area contributed by atoms with Gasteiger partial charge in [0.05, 0.1) is 5.69 Å². The first-order chi connectivity index (χ1) is 7.24. The Bertz CT molecular complexity index is 460. The molecule has 0 saturated carbocycles. The summed E-state index contributed by atoms with van der Waals surface area (Å²) >= 11 is 3.60. The van der Waals surface area contributed by atoms with E-state index in [0.29, 0.717) is 0 Å². The van der Waals surface area contributed by atoms with Crippen molar-refractivity contribution in [3.8, 4) is 11.3 Å². The quantitative estimate of drug-likeness (QED) is 0.810. The molecule has 0 atom stereocenters. The summed E-state index contributed by atoms with van der Waals surface area (Å²) in [5, 5.41) is 0. The van der Waals surface area contributed by atoms with Crippen LogP contribution in [0.1, 0.15) is 12.6 Å². The lowest BCUT2D eigenvalue weighted by Crippen LogP contribution is -1.99. The molecule has 0 N–H and O–H groups in total. The van der Waals surface area contributed by atoms with Gasteiger partial charge in [0.2, 0.25) is 0 Å². The van der Waals surface area contributed by atoms with Crippen molar-refractivity contribution >= 4 is 15.9 Å². The number of hydrogen-bond acceptors (Lipinski definition) is 1. The number of aryl methyl sites for hydroxylation is 1. The van der Waals surface area contributed by atoms with E-state index in [4.69, 9.17) is 0 Å². The van der Waals surface area contributed by atoms with Crippen LogP contribution < -0.4 is 0 Å². The van der Waals surface area contributed by atoms with Crippen LogP contribution in [0, 0.1) is 6.92 Å². The molecule has 78 valence electrons. The number of nitrogens with zero attached hydrogens (tertiary/aromatic N) is 2. The topological polar surface area (TPSA) is 17.8 Å². The Morgan fingerprint density at radius 2 is 2.00 bits per heavy atom. The van der Waals surface area contributed by atoms with Gasteiger partial charge >= 0.3 is 0 Å². The van der Waals surface area contributed by atoms with Gasteiger partial charge in [-0.15, -0.1) is 0 Å². The van der Waals surface area contributed by atoms with Gasteiger partial charge < -0.3 is 4.57 Å². The van der Waals surface area contributed by atoms with Crippen molar-refractivity contribution in [2.75, 3.05) is 0 Å². The average molecular weight is 265 g/mol. The zero-order valence-electron chi connectivity index (χ0n) is 8.87. The van der Waals surface area contributed by atoms with E-state index in [-0.39, 0.29) is 0 Å². The average Bonchev–Trinajstić information content (AvgIpc) is 2.54. The van der Waals surface area contributed by atoms with Crippen LogP contribution in [0.15, 0.2) is 35.1 Å². The second-order valence-corrected chi connectivity index (χ2v) is 4.32. The van der Waals surface area contributed by atoms with Gasteiger partial charge in [0, 0.05) is 34.7 Å². The fraction of sp³-hybridized carbons (Fsp3) is 0.250. The third-order valence-electron chi connectivity index (χ3n) is 2.53. The molecule has 0 aliphatic rings. The molecule has 0 radical (unpaired) electrons. The second-order valence-electron chi connectivity index (χ2n) is 3.46. The van der Waals surface area contributed by atoms with Crippen molar-refractivity contribution < 1.29 is 0 Å². The lowest BCUT2D eigenvalue weighted by atomic mass is 10.2. The van der Waals surface area contributed by atoms with Gasteiger partial charge in [0.15, 0.2) is 0 Å². The Hall–Kier alpha value is -1.09. The lowest BCUT2D eigenvalue weighted by molar-refractivity contribution is 0.750. The molecule has 2 aromatic heterocycles. The summed E-state index contributed by atoms with van der Waals surface area (Å²) < 4.78 is 3.44. The first-order valence-electron chi connectivity index (χ1n) is 5.00. The van der Waals surface area contributed by atoms with Gasteiger partial charge in [-0.1, -0.05) is 0 Å². The predicted octanol–water partition coefficient (Wildman–Crippen LogP) is 3.64. The van der Waals surface area contributed by atoms with Crippen molar-refractivity contribution in [1.82, 2.24) is 9.55 Å². The first-order valence-corrected chi connectivity index (χ1v) is 5.79. The molecule has 3 heteroatoms. The van der Waals surface area contributed by atoms with E-state index < -0.39 is 0 Å². The maximum Gasteiger partial charge on any atom is 0.0627 e. The highest BCUT2D eigenvalue weighted by Crippen LogP contribution is 2.31. The SMILES string of the molecule is CCn1c(C)cc(Br)c1-c1ccncc1. The molecule has 0 amide bonds. The van der Waals surface area contributed by atoms with Gasteiger partial charge in [-0.25, -0.2) is 0 Å². The number of pyridine rings is 1. The van der Waals surface area contributed by atoms with Crippen LogP contribution >= 0.6 is 15.9 Å². The molecule has 0 saturated heterocycles. The fourth-order valence-electron chi connectivity index (χ4n) is 1.85. The zero-order valence-corrected chi connectivity index (χ0v) is 10.5. The van der Waals surface area contributed by atoms with E-state index in [9.17, 15) is 0 Å². The first kappa shape index (κ1) is 10.4. The Morgan fingerprint density at radius 3 is 2.60 bits per heavy atom. The summed E-state index contributed by atoms with van der Waals surface area (Å²) in [5.41, 5.74) is 3.71. The molecule has 2 nitrogen and oxygen atoms in total. The molecule has 2 aromatic rings. The van der Waals surface area contributed by atoms with E-state index in [1.807, 2.05) is 24.5 Å². The van der Waals surface area contributed by atoms with Crippen LogP contribution in [0.4, 0.5) is 0 Å². The van der Waals surface area contributed by atoms with Crippen molar-refractivity contribution in [3.63, 3.8) is 0 Å². The zero-order chi connectivity index (χ0) is 10.8. The number of hydrogen-bond donors (Lipinski definition) is 0. The van der Waals surface area contributed by atoms with Gasteiger partial charge in [-0.2, -0.15) is 0 Å². The number of halogens is 1. The fourth-order valence-corrected chi connectivity index (χ4v) is 2.62. The van der Waals surface area contributed by atoms with Crippen LogP contribution in [0.3, 0.4) is 0 Å². The molecule has 0 spiro atoms. The van der Waals surface area contributed by atoms with Crippen molar-refractivity contribution in [2.24, 2.45) is 0 Å². The molecular formula is C12H13BrN2. The van der Waals surface area contributed by atoms with Gasteiger partial charge in [-0.3, -0.25) is 4.98 Å². The van der Waals surface area contributed by atoms with Crippen molar-refractivity contribution in [1.29, 1.82) is 0 Å². The van der Waals surface area contributed by atoms with E-state index in [0.717, 1.165) is 11.0 Å². The van der Waals surface area contributed by atoms with Gasteiger partial charge in [-0.05, 0) is 48.0 Å². The number of rotatable bonds is 2. The normalized spacial score (nSPS) is 10.6. The van der Waals surface area contributed by atoms with Crippen molar-refractivity contribution in [2.45, 2.75) is 20.4 Å². The molecule has 0 fully saturated rings. The minimum Gasteiger partial charge on any atom is -0.344 e. The van der Waals surface area contributed by atoms with Crippen LogP contribution in [0.2, 0.25) is 0 Å². The van der Waals surface area contributed by atoms with Crippen LogP contribution in [0.25, 0.3) is 11.3 Å². The molecule has 0 unspecified atom stereocenters. The maximum atomic E-state index is 4.04. The largest absolute Gasteiger partial charge is 0.344 e. The Morgan fingerprint density at radius 1 is 1.33 bits per heavy atom. The molecule has 0 aliphatic carbocycles. The lowest BCUT2D eigenvalue weighted by Gasteiger charge is -2.09. The standard InChI is InChI=1S/C12H13BrN2/c1-3-15-9(2)8-11(13)12(15)10-4-6-14-7-5-10/h4-8H,3H2,1-2H3. The highest BCUT2D eigenvalue weighted by Gasteiger charge is 2.11. The predicted molar refractivity (Wildman–Crippen MR) is 65.8 cm³/mol. The minimum absolute atomic E-state index is 0.981. The van der Waals surface area contributed by atoms with Crippen LogP contribution in [0.5, 0.6) is 0 Å². The summed E-state index contributed by atoms with van der Waals surface area (Å²) in [6, 6.07) is 6.22. The van der Waals surface area contributed by atoms with E-state index >= 15 is 0 Å². The highest BCUT2D eigenvalue weighted by molar-refractivity contribution is 9.10. The van der Waals surface area contributed by atoms with Gasteiger partial charge in [0.1, 0.15) is 0 Å². The summed E-state index contributed by atoms with van der Waals surface area (Å²) in [7, 11) is 0. The Balaban J connectivity index is 2.62. The molecule has 0 aromatic carbocycles. The van der Waals surface area contributed by atoms with E-state index in [1.54, 1.807) is 0 Å². The molecule has 0 aliphatic heterocycles. The van der Waals surface area contributed by atoms with E-state index in [1.165, 1.54) is 17.0 Å². The summed E-state index contributed by atoms with van der Waals surface area (Å²) in [4.78, 5) is 4.04. The second kappa shape index (κ2) is 4.19. The summed E-state index contributed by atoms with van der Waals surface area (Å²) in [6.45, 7) is 5.26. The molecular weight excluding hydrogens is 252 g/mol. The Kier molecular flexibility index (Phi) is 2.91. The highest BCUT2D eigenvalue weighted by atomic mass is 79.9. The maximum absolute atomic E-state index is 4.04. The molecule has 2 heterocycles. The van der Waals surface area contributed by atoms with Crippen LogP contribution in [-0.2, 0) is 6.54 Å². The van der Waals surface area contributed by atoms with Crippen molar-refractivity contribution in [3.05, 3.63) is 40.8 Å². The monoisotopic (exact) mass is 264 g/mol. The smallest absolute Gasteiger partial charge is 0.0627 e. The van der Waals surface area contributed by atoms with E-state index in [2.05, 4.69) is 45.4 Å². The molecule has 0 bridgehead atoms. The van der Waals surface area contributed by atoms with Gasteiger partial charge in [0.25, 0.3) is 0 Å². The third-order valence-corrected chi connectivity index (χ3v) is 3.13. The summed E-state index contributed by atoms with van der Waals surface area (Å²) in [5.74, 6) is 0. The minimum atomic E-state index is 0.981. The van der Waals surface area contributed by atoms with Crippen LogP contribution in [-0.4, -0.2) is 9.55 Å². The number of aromatic nitrogens is 2.